The molecule has 0 amide bonds. The van der Waals surface area contributed by atoms with Crippen molar-refractivity contribution >= 4 is 0 Å². The minimum atomic E-state index is 0.956. The monoisotopic (exact) mass is 592 g/mol. The molecule has 0 aliphatic rings. The Morgan fingerprint density at radius 3 is 0.905 bits per heavy atom. The molecule has 1 heteroatoms. The summed E-state index contributed by atoms with van der Waals surface area (Å²) in [4.78, 5) is 0. The second-order valence-corrected chi connectivity index (χ2v) is 14.5. The molecule has 42 heavy (non-hydrogen) atoms. The highest BCUT2D eigenvalue weighted by Gasteiger charge is 2.09. The first-order valence-electron chi connectivity index (χ1n) is 20.4. The van der Waals surface area contributed by atoms with Gasteiger partial charge in [-0.1, -0.05) is 227 Å². The van der Waals surface area contributed by atoms with Crippen LogP contribution in [0.3, 0.4) is 0 Å². The minimum absolute atomic E-state index is 0.956. The Hall–Kier alpha value is -0.0400. The molecule has 1 N–H and O–H groups in total. The molecule has 1 unspecified atom stereocenters. The molecule has 0 aromatic carbocycles. The molecule has 0 fully saturated rings. The van der Waals surface area contributed by atoms with Gasteiger partial charge in [0.25, 0.3) is 0 Å². The molecule has 0 aliphatic heterocycles. The van der Waals surface area contributed by atoms with E-state index < -0.39 is 0 Å². The van der Waals surface area contributed by atoms with Crippen molar-refractivity contribution in [2.75, 3.05) is 13.1 Å². The predicted molar refractivity (Wildman–Crippen MR) is 195 cm³/mol. The Morgan fingerprint density at radius 1 is 0.310 bits per heavy atom. The summed E-state index contributed by atoms with van der Waals surface area (Å²) in [6.45, 7) is 11.9. The standard InChI is InChI=1S/C41H85N/c1-5-8-11-14-21-28-35-41(36-29-22-15-12-9-6-2)37-30-23-18-25-32-39-42-38-31-24-17-16-20-27-34-40(4)33-26-19-13-10-7-3/h40-42H,5-39H2,1-4H3. The summed E-state index contributed by atoms with van der Waals surface area (Å²) in [5, 5.41) is 3.73. The van der Waals surface area contributed by atoms with Gasteiger partial charge in [0.05, 0.1) is 0 Å². The van der Waals surface area contributed by atoms with Gasteiger partial charge >= 0.3 is 0 Å². The van der Waals surface area contributed by atoms with Gasteiger partial charge in [-0.2, -0.15) is 0 Å². The van der Waals surface area contributed by atoms with E-state index >= 15 is 0 Å². The fourth-order valence-electron chi connectivity index (χ4n) is 6.89. The van der Waals surface area contributed by atoms with E-state index in [0.29, 0.717) is 0 Å². The number of hydrogen-bond acceptors (Lipinski definition) is 1. The van der Waals surface area contributed by atoms with E-state index in [2.05, 4.69) is 33.0 Å². The fraction of sp³-hybridized carbons (Fsp3) is 1.00. The normalized spacial score (nSPS) is 12.5. The van der Waals surface area contributed by atoms with Gasteiger partial charge in [-0.15, -0.1) is 0 Å². The summed E-state index contributed by atoms with van der Waals surface area (Å²) in [6.07, 6.45) is 48.0. The average Bonchev–Trinajstić information content (AvgIpc) is 2.99. The lowest BCUT2D eigenvalue weighted by atomic mass is 9.89. The third-order valence-electron chi connectivity index (χ3n) is 10.00. The molecule has 1 atom stereocenters. The Labute approximate surface area is 269 Å². The molecule has 0 bridgehead atoms. The lowest BCUT2D eigenvalue weighted by molar-refractivity contribution is 0.365. The smallest absolute Gasteiger partial charge is 0.00489 e. The second-order valence-electron chi connectivity index (χ2n) is 14.5. The molecule has 0 saturated carbocycles. The van der Waals surface area contributed by atoms with E-state index in [4.69, 9.17) is 0 Å². The van der Waals surface area contributed by atoms with Crippen molar-refractivity contribution in [2.45, 2.75) is 240 Å². The van der Waals surface area contributed by atoms with Crippen LogP contribution in [0.5, 0.6) is 0 Å². The van der Waals surface area contributed by atoms with Gasteiger partial charge in [0.2, 0.25) is 0 Å². The zero-order valence-corrected chi connectivity index (χ0v) is 30.4. The van der Waals surface area contributed by atoms with Crippen LogP contribution in [0.25, 0.3) is 0 Å². The molecular weight excluding hydrogens is 506 g/mol. The van der Waals surface area contributed by atoms with E-state index in [0.717, 1.165) is 11.8 Å². The number of hydrogen-bond donors (Lipinski definition) is 1. The van der Waals surface area contributed by atoms with Crippen molar-refractivity contribution < 1.29 is 0 Å². The molecule has 0 rings (SSSR count). The van der Waals surface area contributed by atoms with Crippen molar-refractivity contribution in [3.63, 3.8) is 0 Å². The van der Waals surface area contributed by atoms with Crippen LogP contribution < -0.4 is 5.32 Å². The summed E-state index contributed by atoms with van der Waals surface area (Å²) in [7, 11) is 0. The van der Waals surface area contributed by atoms with E-state index in [1.807, 2.05) is 0 Å². The van der Waals surface area contributed by atoms with E-state index in [1.54, 1.807) is 0 Å². The highest BCUT2D eigenvalue weighted by molar-refractivity contribution is 4.63. The summed E-state index contributed by atoms with van der Waals surface area (Å²) >= 11 is 0. The van der Waals surface area contributed by atoms with Crippen LogP contribution in [0.4, 0.5) is 0 Å². The summed E-state index contributed by atoms with van der Waals surface area (Å²) < 4.78 is 0. The average molecular weight is 592 g/mol. The molecule has 0 radical (unpaired) electrons. The Kier molecular flexibility index (Phi) is 37.1. The van der Waals surface area contributed by atoms with Crippen LogP contribution in [0, 0.1) is 11.8 Å². The van der Waals surface area contributed by atoms with E-state index in [-0.39, 0.29) is 0 Å². The Balaban J connectivity index is 3.56. The Morgan fingerprint density at radius 2 is 0.571 bits per heavy atom. The first-order valence-corrected chi connectivity index (χ1v) is 20.4. The number of nitrogens with one attached hydrogen (secondary N) is 1. The van der Waals surface area contributed by atoms with Gasteiger partial charge in [-0.05, 0) is 37.8 Å². The predicted octanol–water partition coefficient (Wildman–Crippen LogP) is 14.8. The Bertz CT molecular complexity index is 444. The van der Waals surface area contributed by atoms with Gasteiger partial charge in [0.1, 0.15) is 0 Å². The zero-order valence-electron chi connectivity index (χ0n) is 30.4. The van der Waals surface area contributed by atoms with Crippen molar-refractivity contribution in [3.05, 3.63) is 0 Å². The first-order chi connectivity index (χ1) is 20.7. The molecule has 0 aliphatic carbocycles. The van der Waals surface area contributed by atoms with Gasteiger partial charge in [0, 0.05) is 0 Å². The molecule has 0 aromatic heterocycles. The van der Waals surface area contributed by atoms with Gasteiger partial charge in [-0.25, -0.2) is 0 Å². The third-order valence-corrected chi connectivity index (χ3v) is 10.00. The van der Waals surface area contributed by atoms with Crippen molar-refractivity contribution in [3.8, 4) is 0 Å². The quantitative estimate of drug-likeness (QED) is 0.0708. The molecule has 0 spiro atoms. The lowest BCUT2D eigenvalue weighted by Gasteiger charge is -2.17. The van der Waals surface area contributed by atoms with Gasteiger partial charge in [0.15, 0.2) is 0 Å². The molecule has 1 nitrogen and oxygen atoms in total. The minimum Gasteiger partial charge on any atom is -0.317 e. The van der Waals surface area contributed by atoms with Crippen LogP contribution in [0.1, 0.15) is 240 Å². The molecular formula is C41H85N. The largest absolute Gasteiger partial charge is 0.317 e. The molecule has 0 aromatic rings. The van der Waals surface area contributed by atoms with Crippen LogP contribution in [0.2, 0.25) is 0 Å². The first kappa shape index (κ1) is 42.0. The van der Waals surface area contributed by atoms with Crippen LogP contribution >= 0.6 is 0 Å². The van der Waals surface area contributed by atoms with Crippen LogP contribution in [-0.2, 0) is 0 Å². The molecule has 0 heterocycles. The highest BCUT2D eigenvalue weighted by atomic mass is 14.8. The van der Waals surface area contributed by atoms with Gasteiger partial charge < -0.3 is 5.32 Å². The SMILES string of the molecule is CCCCCCCCC(CCCCCCCC)CCCCCCCNCCCCCCCCC(C)CCCCCCC. The van der Waals surface area contributed by atoms with Crippen molar-refractivity contribution in [1.82, 2.24) is 5.32 Å². The topological polar surface area (TPSA) is 12.0 Å². The van der Waals surface area contributed by atoms with Gasteiger partial charge in [-0.3, -0.25) is 0 Å². The van der Waals surface area contributed by atoms with Crippen LogP contribution in [0.15, 0.2) is 0 Å². The van der Waals surface area contributed by atoms with Crippen molar-refractivity contribution in [2.24, 2.45) is 11.8 Å². The van der Waals surface area contributed by atoms with E-state index in [1.165, 1.54) is 225 Å². The maximum Gasteiger partial charge on any atom is -0.00489 e. The summed E-state index contributed by atoms with van der Waals surface area (Å²) in [6, 6.07) is 0. The van der Waals surface area contributed by atoms with Crippen molar-refractivity contribution in [1.29, 1.82) is 0 Å². The summed E-state index contributed by atoms with van der Waals surface area (Å²) in [5.41, 5.74) is 0. The highest BCUT2D eigenvalue weighted by Crippen LogP contribution is 2.25. The van der Waals surface area contributed by atoms with E-state index in [9.17, 15) is 0 Å². The number of rotatable bonds is 37. The number of unbranched alkanes of at least 4 members (excludes halogenated alkanes) is 23. The lowest BCUT2D eigenvalue weighted by Crippen LogP contribution is -2.16. The molecule has 0 saturated heterocycles. The third kappa shape index (κ3) is 34.5. The second kappa shape index (κ2) is 37.1. The zero-order chi connectivity index (χ0) is 30.6. The fourth-order valence-corrected chi connectivity index (χ4v) is 6.89. The maximum atomic E-state index is 3.73. The molecule has 254 valence electrons. The maximum absolute atomic E-state index is 3.73. The summed E-state index contributed by atoms with van der Waals surface area (Å²) in [5.74, 6) is 1.98. The van der Waals surface area contributed by atoms with Crippen LogP contribution in [-0.4, -0.2) is 13.1 Å².